The maximum atomic E-state index is 10.7. The number of hydrogen-bond acceptors (Lipinski definition) is 12. The minimum absolute atomic E-state index is 0.0561. The van der Waals surface area contributed by atoms with Gasteiger partial charge in [-0.15, -0.1) is 0 Å². The summed E-state index contributed by atoms with van der Waals surface area (Å²) in [5.41, 5.74) is 0. The Hall–Kier alpha value is -0.480. The van der Waals surface area contributed by atoms with Crippen molar-refractivity contribution in [3.63, 3.8) is 0 Å². The van der Waals surface area contributed by atoms with Crippen molar-refractivity contribution in [1.82, 2.24) is 0 Å². The lowest BCUT2D eigenvalue weighted by Crippen LogP contribution is -2.60. The molecule has 0 bridgehead atoms. The zero-order valence-electron chi connectivity index (χ0n) is 32.8. The molecule has 306 valence electrons. The quantitative estimate of drug-likeness (QED) is 0.0610. The lowest BCUT2D eigenvalue weighted by molar-refractivity contribution is -0.318. The number of ether oxygens (including phenoxy) is 8. The SMILES string of the molecule is CCCCCCOCC(COCCCCCC)OCC(COC(COCCCCCC)COCCCCCC)O[C@@H]1O[C@H](CO)[C@H](O)[C@H](O)[C@H]1O. The summed E-state index contributed by atoms with van der Waals surface area (Å²) in [6.07, 6.45) is 9.25. The predicted octanol–water partition coefficient (Wildman–Crippen LogP) is 5.33. The van der Waals surface area contributed by atoms with Gasteiger partial charge in [-0.2, -0.15) is 0 Å². The van der Waals surface area contributed by atoms with Crippen LogP contribution in [0.25, 0.3) is 0 Å². The van der Waals surface area contributed by atoms with Crippen molar-refractivity contribution >= 4 is 0 Å². The topological polar surface area (TPSA) is 155 Å². The average Bonchev–Trinajstić information content (AvgIpc) is 3.14. The number of rotatable bonds is 37. The molecule has 5 atom stereocenters. The van der Waals surface area contributed by atoms with Gasteiger partial charge in [0.2, 0.25) is 0 Å². The Morgan fingerprint density at radius 1 is 0.451 bits per heavy atom. The zero-order valence-corrected chi connectivity index (χ0v) is 32.8. The molecule has 0 spiro atoms. The molecule has 1 rings (SSSR count). The van der Waals surface area contributed by atoms with Gasteiger partial charge < -0.3 is 58.3 Å². The maximum Gasteiger partial charge on any atom is 0.187 e. The molecule has 12 nitrogen and oxygen atoms in total. The molecule has 0 unspecified atom stereocenters. The van der Waals surface area contributed by atoms with E-state index in [4.69, 9.17) is 37.9 Å². The molecule has 0 radical (unpaired) electrons. The van der Waals surface area contributed by atoms with Gasteiger partial charge in [0.15, 0.2) is 6.29 Å². The maximum absolute atomic E-state index is 10.7. The number of aliphatic hydroxyl groups excluding tert-OH is 4. The van der Waals surface area contributed by atoms with Gasteiger partial charge in [-0.25, -0.2) is 0 Å². The smallest absolute Gasteiger partial charge is 0.187 e. The molecule has 12 heteroatoms. The summed E-state index contributed by atoms with van der Waals surface area (Å²) in [4.78, 5) is 0. The Bertz CT molecular complexity index is 660. The highest BCUT2D eigenvalue weighted by Gasteiger charge is 2.45. The molecule has 0 aliphatic carbocycles. The monoisotopic (exact) mass is 739 g/mol. The molecule has 1 heterocycles. The van der Waals surface area contributed by atoms with Crippen LogP contribution in [-0.2, 0) is 37.9 Å². The first kappa shape index (κ1) is 48.5. The van der Waals surface area contributed by atoms with E-state index in [0.717, 1.165) is 77.0 Å². The van der Waals surface area contributed by atoms with Crippen LogP contribution in [0.15, 0.2) is 0 Å². The van der Waals surface area contributed by atoms with Crippen molar-refractivity contribution in [2.45, 2.75) is 179 Å². The van der Waals surface area contributed by atoms with Crippen molar-refractivity contribution in [2.24, 2.45) is 0 Å². The van der Waals surface area contributed by atoms with E-state index < -0.39 is 43.4 Å². The van der Waals surface area contributed by atoms with Crippen LogP contribution in [0.1, 0.15) is 130 Å². The van der Waals surface area contributed by atoms with Gasteiger partial charge in [-0.3, -0.25) is 0 Å². The Morgan fingerprint density at radius 2 is 0.824 bits per heavy atom. The molecule has 0 amide bonds. The fourth-order valence-corrected chi connectivity index (χ4v) is 5.65. The molecule has 1 fully saturated rings. The van der Waals surface area contributed by atoms with Crippen LogP contribution >= 0.6 is 0 Å². The third-order valence-electron chi connectivity index (χ3n) is 8.99. The average molecular weight is 739 g/mol. The second-order valence-electron chi connectivity index (χ2n) is 13.9. The van der Waals surface area contributed by atoms with Crippen LogP contribution in [0.4, 0.5) is 0 Å². The van der Waals surface area contributed by atoms with E-state index in [-0.39, 0.29) is 25.4 Å². The highest BCUT2D eigenvalue weighted by atomic mass is 16.7. The molecule has 1 aliphatic rings. The minimum Gasteiger partial charge on any atom is -0.394 e. The predicted molar refractivity (Wildman–Crippen MR) is 198 cm³/mol. The number of aliphatic hydroxyl groups is 4. The van der Waals surface area contributed by atoms with Crippen LogP contribution in [0.3, 0.4) is 0 Å². The zero-order chi connectivity index (χ0) is 37.4. The summed E-state index contributed by atoms with van der Waals surface area (Å²) in [7, 11) is 0. The van der Waals surface area contributed by atoms with Crippen LogP contribution in [0.2, 0.25) is 0 Å². The molecule has 0 aromatic rings. The van der Waals surface area contributed by atoms with Gasteiger partial charge in [0, 0.05) is 26.4 Å². The third kappa shape index (κ3) is 24.5. The first-order valence-corrected chi connectivity index (χ1v) is 20.4. The Morgan fingerprint density at radius 3 is 1.16 bits per heavy atom. The molecule has 4 N–H and O–H groups in total. The van der Waals surface area contributed by atoms with Crippen LogP contribution in [0, 0.1) is 0 Å². The molecule has 0 aromatic carbocycles. The second kappa shape index (κ2) is 34.0. The van der Waals surface area contributed by atoms with E-state index in [2.05, 4.69) is 27.7 Å². The summed E-state index contributed by atoms with van der Waals surface area (Å²) >= 11 is 0. The van der Waals surface area contributed by atoms with Gasteiger partial charge >= 0.3 is 0 Å². The van der Waals surface area contributed by atoms with Gasteiger partial charge in [0.05, 0.1) is 46.2 Å². The largest absolute Gasteiger partial charge is 0.394 e. The molecule has 51 heavy (non-hydrogen) atoms. The van der Waals surface area contributed by atoms with Crippen molar-refractivity contribution in [3.8, 4) is 0 Å². The van der Waals surface area contributed by atoms with Gasteiger partial charge in [-0.1, -0.05) is 105 Å². The van der Waals surface area contributed by atoms with E-state index in [1.807, 2.05) is 0 Å². The van der Waals surface area contributed by atoms with Gasteiger partial charge in [0.1, 0.15) is 42.7 Å². The normalized spacial score (nSPS) is 21.1. The van der Waals surface area contributed by atoms with E-state index >= 15 is 0 Å². The fraction of sp³-hybridized carbons (Fsp3) is 1.00. The van der Waals surface area contributed by atoms with Crippen molar-refractivity contribution < 1.29 is 58.3 Å². The molecular weight excluding hydrogens is 660 g/mol. The van der Waals surface area contributed by atoms with Crippen LogP contribution in [0.5, 0.6) is 0 Å². The molecule has 1 aliphatic heterocycles. The Labute approximate surface area is 310 Å². The van der Waals surface area contributed by atoms with Crippen LogP contribution < -0.4 is 0 Å². The van der Waals surface area contributed by atoms with E-state index in [0.29, 0.717) is 52.9 Å². The summed E-state index contributed by atoms with van der Waals surface area (Å²) in [5, 5.41) is 41.2. The molecular formula is C39H78O12. The lowest BCUT2D eigenvalue weighted by atomic mass is 9.99. The van der Waals surface area contributed by atoms with E-state index in [9.17, 15) is 20.4 Å². The summed E-state index contributed by atoms with van der Waals surface area (Å²) in [5.74, 6) is 0. The Balaban J connectivity index is 2.97. The first-order valence-electron chi connectivity index (χ1n) is 20.4. The molecule has 0 aromatic heterocycles. The van der Waals surface area contributed by atoms with Gasteiger partial charge in [0.25, 0.3) is 0 Å². The standard InChI is InChI=1S/C39H78O12/c1-5-9-13-17-21-44-26-32(27-45-22-18-14-10-6-2)48-30-34(50-39-38(43)37(42)36(41)35(25-40)51-39)31-49-33(28-46-23-19-15-11-7-3)29-47-24-20-16-12-8-4/h32-43H,5-31H2,1-4H3/t35-,36+,37+,38-,39-/m1/s1. The van der Waals surface area contributed by atoms with Crippen molar-refractivity contribution in [1.29, 1.82) is 0 Å². The van der Waals surface area contributed by atoms with Crippen LogP contribution in [-0.4, -0.2) is 142 Å². The highest BCUT2D eigenvalue weighted by Crippen LogP contribution is 2.23. The van der Waals surface area contributed by atoms with E-state index in [1.54, 1.807) is 0 Å². The highest BCUT2D eigenvalue weighted by molar-refractivity contribution is 4.89. The number of unbranched alkanes of at least 4 members (excludes halogenated alkanes) is 12. The summed E-state index contributed by atoms with van der Waals surface area (Å²) in [6.45, 7) is 12.3. The second-order valence-corrected chi connectivity index (χ2v) is 13.9. The summed E-state index contributed by atoms with van der Waals surface area (Å²) in [6, 6.07) is 0. The minimum atomic E-state index is -1.56. The number of hydrogen-bond donors (Lipinski definition) is 4. The fourth-order valence-electron chi connectivity index (χ4n) is 5.65. The van der Waals surface area contributed by atoms with Crippen molar-refractivity contribution in [3.05, 3.63) is 0 Å². The third-order valence-corrected chi connectivity index (χ3v) is 8.99. The Kier molecular flexibility index (Phi) is 32.4. The first-order chi connectivity index (χ1) is 24.9. The van der Waals surface area contributed by atoms with Gasteiger partial charge in [-0.05, 0) is 25.7 Å². The van der Waals surface area contributed by atoms with E-state index in [1.165, 1.54) is 25.7 Å². The summed E-state index contributed by atoms with van der Waals surface area (Å²) < 4.78 is 48.4. The molecule has 1 saturated heterocycles. The lowest BCUT2D eigenvalue weighted by Gasteiger charge is -2.41. The van der Waals surface area contributed by atoms with Crippen molar-refractivity contribution in [2.75, 3.05) is 72.7 Å². The molecule has 0 saturated carbocycles.